The third kappa shape index (κ3) is 2.88. The molecule has 0 spiro atoms. The molecule has 0 bridgehead atoms. The Labute approximate surface area is 112 Å². The summed E-state index contributed by atoms with van der Waals surface area (Å²) in [6.07, 6.45) is 0. The summed E-state index contributed by atoms with van der Waals surface area (Å²) < 4.78 is 0. The Morgan fingerprint density at radius 2 is 0.789 bits per heavy atom. The van der Waals surface area contributed by atoms with Gasteiger partial charge in [-0.15, -0.1) is 0 Å². The Hall–Kier alpha value is -1.59. The molecule has 0 fully saturated rings. The molecule has 0 aliphatic carbocycles. The third-order valence-electron chi connectivity index (χ3n) is 3.82. The molecule has 0 unspecified atom stereocenters. The molecule has 0 amide bonds. The molecule has 0 aromatic carbocycles. The van der Waals surface area contributed by atoms with Crippen molar-refractivity contribution in [1.29, 1.82) is 0 Å². The van der Waals surface area contributed by atoms with E-state index in [9.17, 15) is 29.7 Å². The maximum absolute atomic E-state index is 11.4. The van der Waals surface area contributed by atoms with Crippen LogP contribution in [0.5, 0.6) is 0 Å². The Morgan fingerprint density at radius 1 is 0.632 bits per heavy atom. The number of carbonyl (C=O) groups is 3. The second-order valence-corrected chi connectivity index (χ2v) is 6.51. The zero-order valence-corrected chi connectivity index (χ0v) is 12.1. The van der Waals surface area contributed by atoms with Crippen molar-refractivity contribution < 1.29 is 29.7 Å². The van der Waals surface area contributed by atoms with E-state index >= 15 is 0 Å². The van der Waals surface area contributed by atoms with Crippen LogP contribution in [0.1, 0.15) is 41.5 Å². The zero-order valence-electron chi connectivity index (χ0n) is 12.1. The lowest BCUT2D eigenvalue weighted by Gasteiger charge is -2.46. The van der Waals surface area contributed by atoms with Gasteiger partial charge in [0, 0.05) is 5.92 Å². The van der Waals surface area contributed by atoms with Crippen molar-refractivity contribution in [3.8, 4) is 0 Å². The first-order chi connectivity index (χ1) is 8.20. The molecule has 19 heavy (non-hydrogen) atoms. The quantitative estimate of drug-likeness (QED) is 0.682. The van der Waals surface area contributed by atoms with Crippen molar-refractivity contribution in [3.63, 3.8) is 0 Å². The molecule has 3 N–H and O–H groups in total. The van der Waals surface area contributed by atoms with E-state index in [1.165, 1.54) is 41.5 Å². The average molecular weight is 274 g/mol. The number of hydrogen-bond acceptors (Lipinski definition) is 3. The van der Waals surface area contributed by atoms with Crippen LogP contribution in [0.2, 0.25) is 0 Å². The number of carboxylic acids is 3. The number of carboxylic acid groups (broad SMARTS) is 3. The molecule has 0 radical (unpaired) electrons. The van der Waals surface area contributed by atoms with Crippen LogP contribution in [0.15, 0.2) is 0 Å². The van der Waals surface area contributed by atoms with Gasteiger partial charge in [0.2, 0.25) is 0 Å². The molecule has 0 saturated heterocycles. The third-order valence-corrected chi connectivity index (χ3v) is 3.82. The molecule has 6 nitrogen and oxygen atoms in total. The summed E-state index contributed by atoms with van der Waals surface area (Å²) in [5, 5.41) is 27.9. The van der Waals surface area contributed by atoms with Crippen LogP contribution in [-0.2, 0) is 14.4 Å². The molecule has 0 heterocycles. The predicted octanol–water partition coefficient (Wildman–Crippen LogP) is 1.94. The second-order valence-electron chi connectivity index (χ2n) is 6.51. The topological polar surface area (TPSA) is 112 Å². The fourth-order valence-corrected chi connectivity index (χ4v) is 3.08. The summed E-state index contributed by atoms with van der Waals surface area (Å²) in [6.45, 7) is 8.14. The van der Waals surface area contributed by atoms with Gasteiger partial charge in [-0.1, -0.05) is 0 Å². The normalized spacial score (nSPS) is 13.4. The summed E-state index contributed by atoms with van der Waals surface area (Å²) in [4.78, 5) is 34.2. The standard InChI is InChI=1S/C13H22O6/c1-11(2,8(14)15)7(12(3,4)9(16)17)13(5,6)10(18)19/h7H,1-6H3,(H,14,15)(H,16,17)(H,18,19). The van der Waals surface area contributed by atoms with E-state index in [2.05, 4.69) is 0 Å². The minimum Gasteiger partial charge on any atom is -0.481 e. The summed E-state index contributed by atoms with van der Waals surface area (Å²) in [5.41, 5.74) is -4.49. The van der Waals surface area contributed by atoms with Gasteiger partial charge in [-0.05, 0) is 41.5 Å². The van der Waals surface area contributed by atoms with Crippen LogP contribution in [0.3, 0.4) is 0 Å². The molecular formula is C13H22O6. The van der Waals surface area contributed by atoms with Crippen molar-refractivity contribution in [2.45, 2.75) is 41.5 Å². The maximum atomic E-state index is 11.4. The molecule has 0 saturated carbocycles. The van der Waals surface area contributed by atoms with E-state index in [4.69, 9.17) is 0 Å². The zero-order chi connectivity index (χ0) is 15.8. The lowest BCUT2D eigenvalue weighted by molar-refractivity contribution is -0.177. The summed E-state index contributed by atoms with van der Waals surface area (Å²) >= 11 is 0. The average Bonchev–Trinajstić information content (AvgIpc) is 2.14. The monoisotopic (exact) mass is 274 g/mol. The number of hydrogen-bond donors (Lipinski definition) is 3. The molecule has 0 atom stereocenters. The van der Waals surface area contributed by atoms with Crippen LogP contribution >= 0.6 is 0 Å². The summed E-state index contributed by atoms with van der Waals surface area (Å²) in [5.74, 6) is -4.76. The highest BCUT2D eigenvalue weighted by molar-refractivity contribution is 5.83. The lowest BCUT2D eigenvalue weighted by Crippen LogP contribution is -2.54. The van der Waals surface area contributed by atoms with Crippen LogP contribution < -0.4 is 0 Å². The van der Waals surface area contributed by atoms with Gasteiger partial charge in [-0.3, -0.25) is 14.4 Å². The van der Waals surface area contributed by atoms with Gasteiger partial charge in [0.05, 0.1) is 16.2 Å². The fraction of sp³-hybridized carbons (Fsp3) is 0.769. The highest BCUT2D eigenvalue weighted by Gasteiger charge is 2.58. The van der Waals surface area contributed by atoms with E-state index in [1.54, 1.807) is 0 Å². The molecule has 6 heteroatoms. The van der Waals surface area contributed by atoms with E-state index in [1.807, 2.05) is 0 Å². The van der Waals surface area contributed by atoms with Crippen molar-refractivity contribution >= 4 is 17.9 Å². The largest absolute Gasteiger partial charge is 0.481 e. The van der Waals surface area contributed by atoms with E-state index in [0.29, 0.717) is 0 Å². The Bertz CT molecular complexity index is 344. The molecule has 0 rings (SSSR count). The van der Waals surface area contributed by atoms with Gasteiger partial charge < -0.3 is 15.3 Å². The van der Waals surface area contributed by atoms with Gasteiger partial charge >= 0.3 is 17.9 Å². The minimum absolute atomic E-state index is 1.10. The first-order valence-corrected chi connectivity index (χ1v) is 5.90. The highest BCUT2D eigenvalue weighted by Crippen LogP contribution is 2.51. The Kier molecular flexibility index (Phi) is 4.42. The Morgan fingerprint density at radius 3 is 0.895 bits per heavy atom. The van der Waals surface area contributed by atoms with Gasteiger partial charge in [-0.25, -0.2) is 0 Å². The second kappa shape index (κ2) is 4.83. The van der Waals surface area contributed by atoms with E-state index < -0.39 is 40.1 Å². The van der Waals surface area contributed by atoms with Crippen LogP contribution in [0, 0.1) is 22.2 Å². The number of aliphatic carboxylic acids is 3. The van der Waals surface area contributed by atoms with Gasteiger partial charge in [0.25, 0.3) is 0 Å². The van der Waals surface area contributed by atoms with Crippen LogP contribution in [-0.4, -0.2) is 33.2 Å². The van der Waals surface area contributed by atoms with E-state index in [0.717, 1.165) is 0 Å². The number of rotatable bonds is 6. The maximum Gasteiger partial charge on any atom is 0.309 e. The molecule has 110 valence electrons. The smallest absolute Gasteiger partial charge is 0.309 e. The van der Waals surface area contributed by atoms with Crippen LogP contribution in [0.25, 0.3) is 0 Å². The molecule has 0 aliphatic rings. The molecular weight excluding hydrogens is 252 g/mol. The summed E-state index contributed by atoms with van der Waals surface area (Å²) in [6, 6.07) is 0. The van der Waals surface area contributed by atoms with Crippen molar-refractivity contribution in [3.05, 3.63) is 0 Å². The Balaban J connectivity index is 6.16. The lowest BCUT2D eigenvalue weighted by atomic mass is 9.54. The first kappa shape index (κ1) is 17.4. The fourth-order valence-electron chi connectivity index (χ4n) is 3.08. The predicted molar refractivity (Wildman–Crippen MR) is 67.7 cm³/mol. The van der Waals surface area contributed by atoms with Crippen LogP contribution in [0.4, 0.5) is 0 Å². The highest BCUT2D eigenvalue weighted by atomic mass is 16.4. The van der Waals surface area contributed by atoms with Gasteiger partial charge in [0.15, 0.2) is 0 Å². The van der Waals surface area contributed by atoms with Gasteiger partial charge in [0.1, 0.15) is 0 Å². The first-order valence-electron chi connectivity index (χ1n) is 5.90. The molecule has 0 aliphatic heterocycles. The minimum atomic E-state index is -1.50. The molecule has 0 aromatic rings. The van der Waals surface area contributed by atoms with Crippen molar-refractivity contribution in [2.24, 2.45) is 22.2 Å². The van der Waals surface area contributed by atoms with Crippen molar-refractivity contribution in [1.82, 2.24) is 0 Å². The van der Waals surface area contributed by atoms with E-state index in [-0.39, 0.29) is 0 Å². The van der Waals surface area contributed by atoms with Gasteiger partial charge in [-0.2, -0.15) is 0 Å². The summed E-state index contributed by atoms with van der Waals surface area (Å²) in [7, 11) is 0. The SMILES string of the molecule is CC(C)(C(=O)O)C(C(C)(C)C(=O)O)C(C)(C)C(=O)O. The molecule has 0 aromatic heterocycles. The van der Waals surface area contributed by atoms with Crippen molar-refractivity contribution in [2.75, 3.05) is 0 Å².